The first-order valence-electron chi connectivity index (χ1n) is 5.86. The number of carbonyl (C=O) groups excluding carboxylic acids is 1. The third-order valence-electron chi connectivity index (χ3n) is 2.65. The Morgan fingerprint density at radius 1 is 1.25 bits per heavy atom. The van der Waals surface area contributed by atoms with Crippen LogP contribution in [0.4, 0.5) is 0 Å². The van der Waals surface area contributed by atoms with Gasteiger partial charge in [0.2, 0.25) is 0 Å². The molecule has 0 aliphatic rings. The summed E-state index contributed by atoms with van der Waals surface area (Å²) in [6, 6.07) is 6.11. The molecule has 0 heterocycles. The van der Waals surface area contributed by atoms with Crippen LogP contribution in [0.1, 0.15) is 37.3 Å². The lowest BCUT2D eigenvalue weighted by Gasteiger charge is -2.11. The van der Waals surface area contributed by atoms with E-state index in [1.54, 1.807) is 0 Å². The highest BCUT2D eigenvalue weighted by Crippen LogP contribution is 2.22. The molecule has 0 atom stereocenters. The number of aryl methyl sites for hydroxylation is 2. The van der Waals surface area contributed by atoms with E-state index in [1.165, 1.54) is 0 Å². The van der Waals surface area contributed by atoms with Crippen LogP contribution >= 0.6 is 0 Å². The number of para-hydroxylation sites is 1. The molecule has 88 valence electrons. The quantitative estimate of drug-likeness (QED) is 0.686. The average molecular weight is 220 g/mol. The molecule has 1 aromatic rings. The molecule has 0 aliphatic heterocycles. The van der Waals surface area contributed by atoms with Crippen molar-refractivity contribution in [1.29, 1.82) is 0 Å². The first kappa shape index (κ1) is 12.8. The minimum atomic E-state index is 0.310. The smallest absolute Gasteiger partial charge is 0.132 e. The van der Waals surface area contributed by atoms with Gasteiger partial charge in [0, 0.05) is 12.8 Å². The molecule has 0 N–H and O–H groups in total. The van der Waals surface area contributed by atoms with E-state index in [9.17, 15) is 4.79 Å². The van der Waals surface area contributed by atoms with Gasteiger partial charge in [-0.1, -0.05) is 25.1 Å². The second-order valence-electron chi connectivity index (χ2n) is 4.07. The van der Waals surface area contributed by atoms with Crippen molar-refractivity contribution in [3.05, 3.63) is 29.3 Å². The molecule has 16 heavy (non-hydrogen) atoms. The Bertz CT molecular complexity index is 336. The molecule has 0 saturated carbocycles. The highest BCUT2D eigenvalue weighted by Gasteiger charge is 2.03. The molecule has 0 saturated heterocycles. The van der Waals surface area contributed by atoms with Gasteiger partial charge in [0.1, 0.15) is 11.5 Å². The summed E-state index contributed by atoms with van der Waals surface area (Å²) in [5.74, 6) is 1.27. The van der Waals surface area contributed by atoms with E-state index < -0.39 is 0 Å². The second kappa shape index (κ2) is 6.31. The van der Waals surface area contributed by atoms with Crippen molar-refractivity contribution in [1.82, 2.24) is 0 Å². The summed E-state index contributed by atoms with van der Waals surface area (Å²) in [5, 5.41) is 0. The standard InChI is InChI=1S/C14H20O2/c1-4-13(15)9-6-10-16-14-11(2)7-5-8-12(14)3/h5,7-8H,4,6,9-10H2,1-3H3. The Balaban J connectivity index is 2.40. The number of rotatable bonds is 6. The number of hydrogen-bond donors (Lipinski definition) is 0. The first-order chi connectivity index (χ1) is 7.65. The molecule has 0 bridgehead atoms. The van der Waals surface area contributed by atoms with Crippen LogP contribution in [0.2, 0.25) is 0 Å². The topological polar surface area (TPSA) is 26.3 Å². The van der Waals surface area contributed by atoms with Crippen LogP contribution < -0.4 is 4.74 Å². The van der Waals surface area contributed by atoms with Gasteiger partial charge in [-0.05, 0) is 31.4 Å². The van der Waals surface area contributed by atoms with Crippen molar-refractivity contribution in [2.75, 3.05) is 6.61 Å². The highest BCUT2D eigenvalue weighted by atomic mass is 16.5. The average Bonchev–Trinajstić information content (AvgIpc) is 2.27. The van der Waals surface area contributed by atoms with Gasteiger partial charge < -0.3 is 4.74 Å². The summed E-state index contributed by atoms with van der Waals surface area (Å²) >= 11 is 0. The summed E-state index contributed by atoms with van der Waals surface area (Å²) in [7, 11) is 0. The van der Waals surface area contributed by atoms with Crippen LogP contribution in [0.5, 0.6) is 5.75 Å². The van der Waals surface area contributed by atoms with Crippen molar-refractivity contribution in [2.45, 2.75) is 40.0 Å². The largest absolute Gasteiger partial charge is 0.493 e. The predicted molar refractivity (Wildman–Crippen MR) is 65.9 cm³/mol. The maximum absolute atomic E-state index is 11.1. The Hall–Kier alpha value is -1.31. The van der Waals surface area contributed by atoms with E-state index in [1.807, 2.05) is 39.0 Å². The van der Waals surface area contributed by atoms with E-state index in [-0.39, 0.29) is 0 Å². The van der Waals surface area contributed by atoms with Crippen LogP contribution in [-0.4, -0.2) is 12.4 Å². The van der Waals surface area contributed by atoms with Gasteiger partial charge in [-0.3, -0.25) is 4.79 Å². The molecule has 0 fully saturated rings. The fraction of sp³-hybridized carbons (Fsp3) is 0.500. The van der Waals surface area contributed by atoms with Crippen LogP contribution in [0.25, 0.3) is 0 Å². The lowest BCUT2D eigenvalue weighted by atomic mass is 10.1. The maximum atomic E-state index is 11.1. The predicted octanol–water partition coefficient (Wildman–Crippen LogP) is 3.44. The van der Waals surface area contributed by atoms with Gasteiger partial charge >= 0.3 is 0 Å². The minimum absolute atomic E-state index is 0.310. The number of carbonyl (C=O) groups is 1. The molecule has 0 spiro atoms. The number of ether oxygens (including phenoxy) is 1. The van der Waals surface area contributed by atoms with Crippen LogP contribution in [0.3, 0.4) is 0 Å². The lowest BCUT2D eigenvalue weighted by molar-refractivity contribution is -0.118. The summed E-state index contributed by atoms with van der Waals surface area (Å²) in [6.45, 7) is 6.60. The second-order valence-corrected chi connectivity index (χ2v) is 4.07. The molecular formula is C14H20O2. The van der Waals surface area contributed by atoms with Gasteiger partial charge in [0.15, 0.2) is 0 Å². The summed E-state index contributed by atoms with van der Waals surface area (Å²) in [5.41, 5.74) is 2.31. The van der Waals surface area contributed by atoms with E-state index in [2.05, 4.69) is 0 Å². The first-order valence-corrected chi connectivity index (χ1v) is 5.86. The van der Waals surface area contributed by atoms with Gasteiger partial charge in [0.05, 0.1) is 6.61 Å². The van der Waals surface area contributed by atoms with Crippen LogP contribution in [0.15, 0.2) is 18.2 Å². The van der Waals surface area contributed by atoms with Gasteiger partial charge in [-0.25, -0.2) is 0 Å². The fourth-order valence-corrected chi connectivity index (χ4v) is 1.65. The number of Topliss-reactive ketones (excluding diaryl/α,β-unsaturated/α-hetero) is 1. The Morgan fingerprint density at radius 2 is 1.88 bits per heavy atom. The van der Waals surface area contributed by atoms with E-state index in [0.717, 1.165) is 23.3 Å². The zero-order valence-corrected chi connectivity index (χ0v) is 10.4. The van der Waals surface area contributed by atoms with Gasteiger partial charge in [-0.15, -0.1) is 0 Å². The monoisotopic (exact) mass is 220 g/mol. The van der Waals surface area contributed by atoms with E-state index in [0.29, 0.717) is 25.2 Å². The normalized spacial score (nSPS) is 10.2. The summed E-state index contributed by atoms with van der Waals surface area (Å²) in [4.78, 5) is 11.1. The molecule has 0 aromatic heterocycles. The summed E-state index contributed by atoms with van der Waals surface area (Å²) in [6.07, 6.45) is 2.06. The molecule has 0 amide bonds. The Morgan fingerprint density at radius 3 is 2.44 bits per heavy atom. The van der Waals surface area contributed by atoms with Gasteiger partial charge in [-0.2, -0.15) is 0 Å². The molecule has 2 heteroatoms. The minimum Gasteiger partial charge on any atom is -0.493 e. The number of hydrogen-bond acceptors (Lipinski definition) is 2. The fourth-order valence-electron chi connectivity index (χ4n) is 1.65. The van der Waals surface area contributed by atoms with Crippen molar-refractivity contribution in [3.8, 4) is 5.75 Å². The molecule has 1 rings (SSSR count). The molecule has 2 nitrogen and oxygen atoms in total. The maximum Gasteiger partial charge on any atom is 0.132 e. The highest BCUT2D eigenvalue weighted by molar-refractivity contribution is 5.77. The van der Waals surface area contributed by atoms with Crippen molar-refractivity contribution in [2.24, 2.45) is 0 Å². The zero-order valence-electron chi connectivity index (χ0n) is 10.4. The van der Waals surface area contributed by atoms with Crippen LogP contribution in [-0.2, 0) is 4.79 Å². The van der Waals surface area contributed by atoms with E-state index >= 15 is 0 Å². The van der Waals surface area contributed by atoms with Crippen molar-refractivity contribution in [3.63, 3.8) is 0 Å². The molecule has 0 radical (unpaired) electrons. The molecule has 0 aliphatic carbocycles. The Labute approximate surface area is 97.6 Å². The molecular weight excluding hydrogens is 200 g/mol. The third-order valence-corrected chi connectivity index (χ3v) is 2.65. The Kier molecular flexibility index (Phi) is 5.03. The number of ketones is 1. The van der Waals surface area contributed by atoms with Gasteiger partial charge in [0.25, 0.3) is 0 Å². The van der Waals surface area contributed by atoms with E-state index in [4.69, 9.17) is 4.74 Å². The van der Waals surface area contributed by atoms with Crippen molar-refractivity contribution < 1.29 is 9.53 Å². The number of benzene rings is 1. The van der Waals surface area contributed by atoms with Crippen LogP contribution in [0, 0.1) is 13.8 Å². The van der Waals surface area contributed by atoms with Crippen molar-refractivity contribution >= 4 is 5.78 Å². The zero-order chi connectivity index (χ0) is 12.0. The molecule has 0 unspecified atom stereocenters. The summed E-state index contributed by atoms with van der Waals surface area (Å²) < 4.78 is 5.71. The SMILES string of the molecule is CCC(=O)CCCOc1c(C)cccc1C. The lowest BCUT2D eigenvalue weighted by Crippen LogP contribution is -2.03. The molecule has 1 aromatic carbocycles. The third kappa shape index (κ3) is 3.69.